The third-order valence-corrected chi connectivity index (χ3v) is 5.70. The van der Waals surface area contributed by atoms with Gasteiger partial charge in [-0.1, -0.05) is 28.1 Å². The molecule has 2 aliphatic heterocycles. The zero-order valence-corrected chi connectivity index (χ0v) is 17.0. The van der Waals surface area contributed by atoms with Crippen molar-refractivity contribution in [3.05, 3.63) is 52.5 Å². The molecule has 0 bridgehead atoms. The number of para-hydroxylation sites is 2. The SMILES string of the molecule is COc1ccccc1NC(=O)N1CCC2(CC1)NC(=O)c1cc(Br)ccc1N2. The van der Waals surface area contributed by atoms with Crippen molar-refractivity contribution < 1.29 is 14.3 Å². The number of benzene rings is 2. The Labute approximate surface area is 171 Å². The number of likely N-dealkylation sites (tertiary alicyclic amines) is 1. The summed E-state index contributed by atoms with van der Waals surface area (Å²) >= 11 is 3.40. The molecule has 0 aromatic heterocycles. The van der Waals surface area contributed by atoms with Crippen LogP contribution in [0.25, 0.3) is 0 Å². The Hall–Kier alpha value is -2.74. The molecule has 0 saturated carbocycles. The van der Waals surface area contributed by atoms with Gasteiger partial charge in [0.05, 0.1) is 18.4 Å². The molecule has 1 spiro atoms. The highest BCUT2D eigenvalue weighted by Gasteiger charge is 2.41. The number of hydrogen-bond acceptors (Lipinski definition) is 4. The molecule has 0 unspecified atom stereocenters. The molecule has 8 heteroatoms. The minimum absolute atomic E-state index is 0.0954. The van der Waals surface area contributed by atoms with Crippen LogP contribution in [0.1, 0.15) is 23.2 Å². The lowest BCUT2D eigenvalue weighted by atomic mass is 9.92. The van der Waals surface area contributed by atoms with Crippen molar-refractivity contribution in [3.8, 4) is 5.75 Å². The first-order chi connectivity index (χ1) is 13.5. The first-order valence-corrected chi connectivity index (χ1v) is 9.88. The topological polar surface area (TPSA) is 82.7 Å². The van der Waals surface area contributed by atoms with Crippen molar-refractivity contribution in [1.29, 1.82) is 0 Å². The third-order valence-electron chi connectivity index (χ3n) is 5.21. The van der Waals surface area contributed by atoms with Crippen LogP contribution < -0.4 is 20.7 Å². The molecule has 28 heavy (non-hydrogen) atoms. The van der Waals surface area contributed by atoms with Crippen molar-refractivity contribution in [2.45, 2.75) is 18.5 Å². The van der Waals surface area contributed by atoms with E-state index in [0.717, 1.165) is 10.2 Å². The summed E-state index contributed by atoms with van der Waals surface area (Å²) < 4.78 is 6.15. The average molecular weight is 445 g/mol. The molecule has 2 aromatic carbocycles. The molecule has 3 amide bonds. The molecular formula is C20H21BrN4O3. The van der Waals surface area contributed by atoms with Gasteiger partial charge in [-0.05, 0) is 30.3 Å². The van der Waals surface area contributed by atoms with Crippen LogP contribution in [0.3, 0.4) is 0 Å². The van der Waals surface area contributed by atoms with E-state index in [4.69, 9.17) is 4.74 Å². The van der Waals surface area contributed by atoms with E-state index in [2.05, 4.69) is 31.9 Å². The van der Waals surface area contributed by atoms with Crippen molar-refractivity contribution in [1.82, 2.24) is 10.2 Å². The Bertz CT molecular complexity index is 925. The molecule has 4 rings (SSSR count). The van der Waals surface area contributed by atoms with Crippen LogP contribution >= 0.6 is 15.9 Å². The van der Waals surface area contributed by atoms with Crippen LogP contribution in [0.15, 0.2) is 46.9 Å². The van der Waals surface area contributed by atoms with E-state index < -0.39 is 5.66 Å². The van der Waals surface area contributed by atoms with Crippen LogP contribution in [-0.2, 0) is 0 Å². The van der Waals surface area contributed by atoms with E-state index >= 15 is 0 Å². The third kappa shape index (κ3) is 3.52. The smallest absolute Gasteiger partial charge is 0.321 e. The van der Waals surface area contributed by atoms with Gasteiger partial charge in [0, 0.05) is 36.1 Å². The molecule has 2 aliphatic rings. The van der Waals surface area contributed by atoms with Gasteiger partial charge in [-0.25, -0.2) is 4.79 Å². The first kappa shape index (κ1) is 18.6. The van der Waals surface area contributed by atoms with Crippen molar-refractivity contribution in [2.24, 2.45) is 0 Å². The highest BCUT2D eigenvalue weighted by Crippen LogP contribution is 2.33. The second-order valence-corrected chi connectivity index (χ2v) is 7.88. The van der Waals surface area contributed by atoms with Crippen LogP contribution in [0.2, 0.25) is 0 Å². The van der Waals surface area contributed by atoms with E-state index in [-0.39, 0.29) is 11.9 Å². The summed E-state index contributed by atoms with van der Waals surface area (Å²) in [6.07, 6.45) is 1.24. The summed E-state index contributed by atoms with van der Waals surface area (Å²) in [5.41, 5.74) is 1.55. The number of fused-ring (bicyclic) bond motifs is 1. The van der Waals surface area contributed by atoms with E-state index in [1.807, 2.05) is 24.3 Å². The van der Waals surface area contributed by atoms with Crippen LogP contribution in [0.4, 0.5) is 16.2 Å². The molecular weight excluding hydrogens is 424 g/mol. The Morgan fingerprint density at radius 2 is 1.93 bits per heavy atom. The summed E-state index contributed by atoms with van der Waals surface area (Å²) in [7, 11) is 1.57. The predicted molar refractivity (Wildman–Crippen MR) is 111 cm³/mol. The Kier molecular flexibility index (Phi) is 4.89. The minimum atomic E-state index is -0.529. The van der Waals surface area contributed by atoms with E-state index in [1.165, 1.54) is 0 Å². The van der Waals surface area contributed by atoms with Gasteiger partial charge in [-0.15, -0.1) is 0 Å². The van der Waals surface area contributed by atoms with Crippen LogP contribution in [0.5, 0.6) is 5.75 Å². The monoisotopic (exact) mass is 444 g/mol. The first-order valence-electron chi connectivity index (χ1n) is 9.09. The molecule has 2 aromatic rings. The van der Waals surface area contributed by atoms with Gasteiger partial charge < -0.3 is 25.6 Å². The fourth-order valence-electron chi connectivity index (χ4n) is 3.67. The molecule has 0 radical (unpaired) electrons. The highest BCUT2D eigenvalue weighted by molar-refractivity contribution is 9.10. The van der Waals surface area contributed by atoms with Crippen LogP contribution in [0, 0.1) is 0 Å². The number of amides is 3. The summed E-state index contributed by atoms with van der Waals surface area (Å²) in [5.74, 6) is 0.523. The number of ether oxygens (including phenoxy) is 1. The lowest BCUT2D eigenvalue weighted by Crippen LogP contribution is -2.63. The summed E-state index contributed by atoms with van der Waals surface area (Å²) in [5, 5.41) is 9.46. The van der Waals surface area contributed by atoms with Gasteiger partial charge >= 0.3 is 6.03 Å². The van der Waals surface area contributed by atoms with Crippen molar-refractivity contribution in [3.63, 3.8) is 0 Å². The van der Waals surface area contributed by atoms with E-state index in [0.29, 0.717) is 42.9 Å². The standard InChI is InChI=1S/C20H21BrN4O3/c1-28-17-5-3-2-4-16(17)22-19(27)25-10-8-20(9-11-25)23-15-7-6-13(21)12-14(15)18(26)24-20/h2-7,12,23H,8-11H2,1H3,(H,22,27)(H,24,26). The molecule has 3 N–H and O–H groups in total. The number of anilines is 2. The maximum Gasteiger partial charge on any atom is 0.321 e. The van der Waals surface area contributed by atoms with Gasteiger partial charge in [0.1, 0.15) is 11.4 Å². The lowest BCUT2D eigenvalue weighted by molar-refractivity contribution is 0.0852. The molecule has 1 saturated heterocycles. The van der Waals surface area contributed by atoms with Gasteiger partial charge in [0.15, 0.2) is 0 Å². The number of nitrogens with zero attached hydrogens (tertiary/aromatic N) is 1. The van der Waals surface area contributed by atoms with Crippen LogP contribution in [-0.4, -0.2) is 42.7 Å². The van der Waals surface area contributed by atoms with E-state index in [1.54, 1.807) is 30.2 Å². The minimum Gasteiger partial charge on any atom is -0.495 e. The predicted octanol–water partition coefficient (Wildman–Crippen LogP) is 3.64. The van der Waals surface area contributed by atoms with Gasteiger partial charge in [0.25, 0.3) is 5.91 Å². The van der Waals surface area contributed by atoms with Crippen molar-refractivity contribution in [2.75, 3.05) is 30.8 Å². The normalized spacial score (nSPS) is 17.4. The maximum atomic E-state index is 12.7. The molecule has 0 atom stereocenters. The Morgan fingerprint density at radius 1 is 1.18 bits per heavy atom. The van der Waals surface area contributed by atoms with E-state index in [9.17, 15) is 9.59 Å². The summed E-state index contributed by atoms with van der Waals surface area (Å²) in [4.78, 5) is 27.0. The molecule has 0 aliphatic carbocycles. The zero-order valence-electron chi connectivity index (χ0n) is 15.4. The maximum absolute atomic E-state index is 12.7. The van der Waals surface area contributed by atoms with Crippen molar-refractivity contribution >= 4 is 39.2 Å². The van der Waals surface area contributed by atoms with Gasteiger partial charge in [-0.2, -0.15) is 0 Å². The Morgan fingerprint density at radius 3 is 2.68 bits per heavy atom. The number of carbonyl (C=O) groups is 2. The van der Waals surface area contributed by atoms with Gasteiger partial charge in [0.2, 0.25) is 0 Å². The molecule has 7 nitrogen and oxygen atoms in total. The van der Waals surface area contributed by atoms with Gasteiger partial charge in [-0.3, -0.25) is 4.79 Å². The number of hydrogen-bond donors (Lipinski definition) is 3. The number of carbonyl (C=O) groups excluding carboxylic acids is 2. The molecule has 146 valence electrons. The number of rotatable bonds is 2. The second-order valence-electron chi connectivity index (χ2n) is 6.97. The number of nitrogens with one attached hydrogen (secondary N) is 3. The highest BCUT2D eigenvalue weighted by atomic mass is 79.9. The second kappa shape index (κ2) is 7.35. The summed E-state index contributed by atoms with van der Waals surface area (Å²) in [6, 6.07) is 12.8. The largest absolute Gasteiger partial charge is 0.495 e. The number of halogens is 1. The summed E-state index contributed by atoms with van der Waals surface area (Å²) in [6.45, 7) is 1.06. The lowest BCUT2D eigenvalue weighted by Gasteiger charge is -2.45. The fourth-order valence-corrected chi connectivity index (χ4v) is 4.03. The Balaban J connectivity index is 1.42. The quantitative estimate of drug-likeness (QED) is 0.660. The zero-order chi connectivity index (χ0) is 19.7. The molecule has 1 fully saturated rings. The molecule has 2 heterocycles. The number of urea groups is 1. The fraction of sp³-hybridized carbons (Fsp3) is 0.300. The average Bonchev–Trinajstić information content (AvgIpc) is 2.69. The number of piperidine rings is 1. The number of methoxy groups -OCH3 is 1.